The SMILES string of the molecule is CC(=Cc1ccc(C#N)cc1)C1C=CC=C1. The second-order valence-corrected chi connectivity index (χ2v) is 3.92. The molecule has 0 fully saturated rings. The molecule has 0 N–H and O–H groups in total. The number of nitrogens with zero attached hydrogens (tertiary/aromatic N) is 1. The summed E-state index contributed by atoms with van der Waals surface area (Å²) in [5.41, 5.74) is 3.16. The second-order valence-electron chi connectivity index (χ2n) is 3.92. The number of allylic oxidation sites excluding steroid dienone is 5. The van der Waals surface area contributed by atoms with Crippen molar-refractivity contribution in [2.75, 3.05) is 0 Å². The van der Waals surface area contributed by atoms with Gasteiger partial charge in [-0.1, -0.05) is 48.1 Å². The summed E-state index contributed by atoms with van der Waals surface area (Å²) in [6.07, 6.45) is 10.7. The van der Waals surface area contributed by atoms with Crippen molar-refractivity contribution in [1.82, 2.24) is 0 Å². The van der Waals surface area contributed by atoms with Crippen molar-refractivity contribution in [3.8, 4) is 6.07 Å². The van der Waals surface area contributed by atoms with Crippen molar-refractivity contribution in [2.45, 2.75) is 6.92 Å². The van der Waals surface area contributed by atoms with Gasteiger partial charge in [0.05, 0.1) is 11.6 Å². The molecule has 1 nitrogen and oxygen atoms in total. The maximum atomic E-state index is 8.70. The topological polar surface area (TPSA) is 23.8 Å². The van der Waals surface area contributed by atoms with Crippen molar-refractivity contribution in [1.29, 1.82) is 5.26 Å². The minimum absolute atomic E-state index is 0.427. The van der Waals surface area contributed by atoms with Crippen LogP contribution in [0, 0.1) is 17.2 Å². The van der Waals surface area contributed by atoms with Gasteiger partial charge in [0, 0.05) is 5.92 Å². The fourth-order valence-electron chi connectivity index (χ4n) is 1.75. The highest BCUT2D eigenvalue weighted by Gasteiger charge is 2.05. The number of hydrogen-bond acceptors (Lipinski definition) is 1. The lowest BCUT2D eigenvalue weighted by Gasteiger charge is -2.05. The summed E-state index contributed by atoms with van der Waals surface area (Å²) in [6, 6.07) is 9.77. The van der Waals surface area contributed by atoms with E-state index in [2.05, 4.69) is 43.4 Å². The van der Waals surface area contributed by atoms with Crippen LogP contribution in [0.2, 0.25) is 0 Å². The molecule has 1 aliphatic rings. The van der Waals surface area contributed by atoms with Crippen molar-refractivity contribution >= 4 is 6.08 Å². The van der Waals surface area contributed by atoms with Crippen LogP contribution in [0.15, 0.2) is 54.1 Å². The predicted octanol–water partition coefficient (Wildman–Crippen LogP) is 3.70. The largest absolute Gasteiger partial charge is 0.192 e. The molecule has 0 spiro atoms. The first-order chi connectivity index (χ1) is 7.79. The third-order valence-electron chi connectivity index (χ3n) is 2.71. The average Bonchev–Trinajstić information content (AvgIpc) is 2.83. The Morgan fingerprint density at radius 2 is 1.81 bits per heavy atom. The van der Waals surface area contributed by atoms with E-state index < -0.39 is 0 Å². The van der Waals surface area contributed by atoms with E-state index in [1.54, 1.807) is 0 Å². The zero-order valence-electron chi connectivity index (χ0n) is 9.22. The van der Waals surface area contributed by atoms with Crippen LogP contribution < -0.4 is 0 Å². The maximum Gasteiger partial charge on any atom is 0.0991 e. The van der Waals surface area contributed by atoms with Crippen molar-refractivity contribution in [3.63, 3.8) is 0 Å². The van der Waals surface area contributed by atoms with Crippen LogP contribution in [0.25, 0.3) is 6.08 Å². The zero-order chi connectivity index (χ0) is 11.4. The Kier molecular flexibility index (Phi) is 3.03. The van der Waals surface area contributed by atoms with E-state index in [9.17, 15) is 0 Å². The molecule has 0 atom stereocenters. The number of hydrogen-bond donors (Lipinski definition) is 0. The number of rotatable bonds is 2. The first-order valence-electron chi connectivity index (χ1n) is 5.33. The van der Waals surface area contributed by atoms with Gasteiger partial charge < -0.3 is 0 Å². The lowest BCUT2D eigenvalue weighted by atomic mass is 9.99. The molecule has 16 heavy (non-hydrogen) atoms. The predicted molar refractivity (Wildman–Crippen MR) is 66.6 cm³/mol. The van der Waals surface area contributed by atoms with Gasteiger partial charge in [-0.3, -0.25) is 0 Å². The van der Waals surface area contributed by atoms with Gasteiger partial charge in [-0.05, 0) is 24.6 Å². The van der Waals surface area contributed by atoms with Gasteiger partial charge >= 0.3 is 0 Å². The molecular formula is C15H13N. The zero-order valence-corrected chi connectivity index (χ0v) is 9.22. The van der Waals surface area contributed by atoms with Crippen molar-refractivity contribution in [3.05, 3.63) is 65.3 Å². The fraction of sp³-hybridized carbons (Fsp3) is 0.133. The van der Waals surface area contributed by atoms with Crippen molar-refractivity contribution < 1.29 is 0 Å². The van der Waals surface area contributed by atoms with Gasteiger partial charge in [0.1, 0.15) is 0 Å². The highest BCUT2D eigenvalue weighted by Crippen LogP contribution is 2.21. The fourth-order valence-corrected chi connectivity index (χ4v) is 1.75. The third-order valence-corrected chi connectivity index (χ3v) is 2.71. The van der Waals surface area contributed by atoms with E-state index in [0.29, 0.717) is 11.5 Å². The van der Waals surface area contributed by atoms with Crippen LogP contribution in [-0.2, 0) is 0 Å². The van der Waals surface area contributed by atoms with E-state index in [1.807, 2.05) is 24.3 Å². The molecule has 0 bridgehead atoms. The van der Waals surface area contributed by atoms with Crippen LogP contribution in [-0.4, -0.2) is 0 Å². The smallest absolute Gasteiger partial charge is 0.0991 e. The molecule has 1 aliphatic carbocycles. The van der Waals surface area contributed by atoms with Crippen molar-refractivity contribution in [2.24, 2.45) is 5.92 Å². The molecule has 2 rings (SSSR count). The summed E-state index contributed by atoms with van der Waals surface area (Å²) in [7, 11) is 0. The monoisotopic (exact) mass is 207 g/mol. The standard InChI is InChI=1S/C15H13N/c1-12(15-4-2-3-5-15)10-13-6-8-14(11-16)9-7-13/h2-10,15H,1H3. The van der Waals surface area contributed by atoms with Gasteiger partial charge in [0.15, 0.2) is 0 Å². The van der Waals surface area contributed by atoms with E-state index in [0.717, 1.165) is 5.56 Å². The first kappa shape index (κ1) is 10.4. The van der Waals surface area contributed by atoms with Gasteiger partial charge in [-0.2, -0.15) is 5.26 Å². The highest BCUT2D eigenvalue weighted by atomic mass is 14.2. The van der Waals surface area contributed by atoms with Gasteiger partial charge in [-0.15, -0.1) is 0 Å². The van der Waals surface area contributed by atoms with E-state index in [4.69, 9.17) is 5.26 Å². The molecule has 1 heteroatoms. The van der Waals surface area contributed by atoms with Crippen LogP contribution in [0.3, 0.4) is 0 Å². The Labute approximate surface area is 96.0 Å². The summed E-state index contributed by atoms with van der Waals surface area (Å²) >= 11 is 0. The van der Waals surface area contributed by atoms with Crippen LogP contribution in [0.4, 0.5) is 0 Å². The molecule has 0 saturated heterocycles. The number of nitriles is 1. The summed E-state index contributed by atoms with van der Waals surface area (Å²) in [4.78, 5) is 0. The first-order valence-corrected chi connectivity index (χ1v) is 5.33. The van der Waals surface area contributed by atoms with Gasteiger partial charge in [0.2, 0.25) is 0 Å². The average molecular weight is 207 g/mol. The summed E-state index contributed by atoms with van der Waals surface area (Å²) in [6.45, 7) is 2.13. The molecule has 0 radical (unpaired) electrons. The third kappa shape index (κ3) is 2.29. The normalized spacial score (nSPS) is 15.4. The van der Waals surface area contributed by atoms with E-state index in [1.165, 1.54) is 5.57 Å². The van der Waals surface area contributed by atoms with Crippen LogP contribution in [0.5, 0.6) is 0 Å². The van der Waals surface area contributed by atoms with Gasteiger partial charge in [-0.25, -0.2) is 0 Å². The van der Waals surface area contributed by atoms with Crippen LogP contribution >= 0.6 is 0 Å². The summed E-state index contributed by atoms with van der Waals surface area (Å²) in [5, 5.41) is 8.70. The molecule has 0 amide bonds. The Bertz CT molecular complexity index is 483. The Balaban J connectivity index is 2.19. The molecule has 0 aliphatic heterocycles. The highest BCUT2D eigenvalue weighted by molar-refractivity contribution is 5.55. The minimum Gasteiger partial charge on any atom is -0.192 e. The molecule has 1 aromatic carbocycles. The maximum absolute atomic E-state index is 8.70. The summed E-state index contributed by atoms with van der Waals surface area (Å²) in [5.74, 6) is 0.427. The molecule has 78 valence electrons. The molecule has 0 heterocycles. The Hall–Kier alpha value is -2.07. The quantitative estimate of drug-likeness (QED) is 0.725. The van der Waals surface area contributed by atoms with Gasteiger partial charge in [0.25, 0.3) is 0 Å². The van der Waals surface area contributed by atoms with E-state index in [-0.39, 0.29) is 0 Å². The number of benzene rings is 1. The molecule has 0 unspecified atom stereocenters. The second kappa shape index (κ2) is 4.63. The summed E-state index contributed by atoms with van der Waals surface area (Å²) < 4.78 is 0. The molecule has 0 saturated carbocycles. The van der Waals surface area contributed by atoms with Crippen LogP contribution in [0.1, 0.15) is 18.1 Å². The Morgan fingerprint density at radius 3 is 2.38 bits per heavy atom. The van der Waals surface area contributed by atoms with E-state index >= 15 is 0 Å². The molecule has 1 aromatic rings. The lowest BCUT2D eigenvalue weighted by Crippen LogP contribution is -1.90. The minimum atomic E-state index is 0.427. The lowest BCUT2D eigenvalue weighted by molar-refractivity contribution is 0.995. The molecule has 0 aromatic heterocycles. The Morgan fingerprint density at radius 1 is 1.19 bits per heavy atom. The molecular weight excluding hydrogens is 194 g/mol.